The highest BCUT2D eigenvalue weighted by molar-refractivity contribution is 5.95. The van der Waals surface area contributed by atoms with Crippen molar-refractivity contribution in [2.75, 3.05) is 25.6 Å². The van der Waals surface area contributed by atoms with E-state index in [1.54, 1.807) is 6.07 Å². The molecule has 2 aromatic rings. The monoisotopic (exact) mass is 375 g/mol. The van der Waals surface area contributed by atoms with Crippen LogP contribution >= 0.6 is 0 Å². The molecule has 0 aliphatic heterocycles. The van der Waals surface area contributed by atoms with Gasteiger partial charge in [0.25, 0.3) is 5.91 Å². The first kappa shape index (κ1) is 19.9. The number of ketones is 1. The summed E-state index contributed by atoms with van der Waals surface area (Å²) >= 11 is 0. The van der Waals surface area contributed by atoms with Crippen LogP contribution in [0.2, 0.25) is 0 Å². The molecule has 0 spiro atoms. The van der Waals surface area contributed by atoms with Gasteiger partial charge in [-0.05, 0) is 37.3 Å². The first-order valence-corrected chi connectivity index (χ1v) is 7.92. The first-order valence-electron chi connectivity index (χ1n) is 7.92. The molecule has 0 radical (unpaired) electrons. The minimum Gasteiger partial charge on any atom is -0.493 e. The van der Waals surface area contributed by atoms with Crippen molar-refractivity contribution in [1.29, 1.82) is 0 Å². The SMILES string of the molecule is COc1cc(C(C)=O)ccc1OCC(=O)OCC(=O)Nc1ccccc1F. The van der Waals surface area contributed by atoms with Crippen molar-refractivity contribution >= 4 is 23.3 Å². The van der Waals surface area contributed by atoms with Crippen LogP contribution in [0.25, 0.3) is 0 Å². The predicted octanol–water partition coefficient (Wildman–Crippen LogP) is 2.60. The number of esters is 1. The lowest BCUT2D eigenvalue weighted by molar-refractivity contribution is -0.149. The molecule has 2 aromatic carbocycles. The molecule has 0 aliphatic carbocycles. The second-order valence-corrected chi connectivity index (χ2v) is 5.40. The van der Waals surface area contributed by atoms with Gasteiger partial charge in [0.15, 0.2) is 30.5 Å². The number of methoxy groups -OCH3 is 1. The maximum atomic E-state index is 13.4. The molecule has 7 nitrogen and oxygen atoms in total. The maximum Gasteiger partial charge on any atom is 0.344 e. The minimum absolute atomic E-state index is 0.00917. The van der Waals surface area contributed by atoms with Gasteiger partial charge in [-0.25, -0.2) is 9.18 Å². The van der Waals surface area contributed by atoms with E-state index in [0.717, 1.165) is 0 Å². The first-order chi connectivity index (χ1) is 12.9. The number of rotatable bonds is 8. The van der Waals surface area contributed by atoms with E-state index in [4.69, 9.17) is 14.2 Å². The van der Waals surface area contributed by atoms with Crippen LogP contribution in [0.15, 0.2) is 42.5 Å². The number of carbonyl (C=O) groups is 3. The molecule has 1 N–H and O–H groups in total. The largest absolute Gasteiger partial charge is 0.493 e. The highest BCUT2D eigenvalue weighted by Crippen LogP contribution is 2.28. The normalized spacial score (nSPS) is 10.0. The molecule has 0 aliphatic rings. The summed E-state index contributed by atoms with van der Waals surface area (Å²) in [5.74, 6) is -1.68. The number of amides is 1. The third kappa shape index (κ3) is 5.81. The van der Waals surface area contributed by atoms with Gasteiger partial charge in [-0.15, -0.1) is 0 Å². The summed E-state index contributed by atoms with van der Waals surface area (Å²) in [4.78, 5) is 34.8. The molecule has 0 atom stereocenters. The fourth-order valence-electron chi connectivity index (χ4n) is 2.08. The smallest absolute Gasteiger partial charge is 0.344 e. The summed E-state index contributed by atoms with van der Waals surface area (Å²) in [5, 5.41) is 2.29. The van der Waals surface area contributed by atoms with Gasteiger partial charge in [0.1, 0.15) is 5.82 Å². The number of anilines is 1. The number of nitrogens with one attached hydrogen (secondary N) is 1. The van der Waals surface area contributed by atoms with Gasteiger partial charge in [0.05, 0.1) is 12.8 Å². The van der Waals surface area contributed by atoms with Crippen LogP contribution in [-0.4, -0.2) is 38.0 Å². The number of benzene rings is 2. The van der Waals surface area contributed by atoms with Gasteiger partial charge in [-0.1, -0.05) is 12.1 Å². The van der Waals surface area contributed by atoms with E-state index < -0.39 is 30.9 Å². The van der Waals surface area contributed by atoms with E-state index >= 15 is 0 Å². The summed E-state index contributed by atoms with van der Waals surface area (Å²) < 4.78 is 28.6. The number of halogens is 1. The molecule has 142 valence electrons. The third-order valence-electron chi connectivity index (χ3n) is 3.43. The molecule has 8 heteroatoms. The van der Waals surface area contributed by atoms with Gasteiger partial charge in [0, 0.05) is 5.56 Å². The molecule has 1 amide bonds. The Hall–Kier alpha value is -3.42. The van der Waals surface area contributed by atoms with Crippen LogP contribution in [0.3, 0.4) is 0 Å². The molecule has 0 bridgehead atoms. The number of para-hydroxylation sites is 1. The van der Waals surface area contributed by atoms with Crippen molar-refractivity contribution in [3.8, 4) is 11.5 Å². The lowest BCUT2D eigenvalue weighted by Gasteiger charge is -2.11. The zero-order chi connectivity index (χ0) is 19.8. The van der Waals surface area contributed by atoms with Gasteiger partial charge in [0.2, 0.25) is 0 Å². The molecule has 2 rings (SSSR count). The molecular weight excluding hydrogens is 357 g/mol. The van der Waals surface area contributed by atoms with E-state index in [1.165, 1.54) is 50.4 Å². The number of hydrogen-bond acceptors (Lipinski definition) is 6. The predicted molar refractivity (Wildman–Crippen MR) is 94.5 cm³/mol. The third-order valence-corrected chi connectivity index (χ3v) is 3.43. The molecular formula is C19H18FNO6. The number of carbonyl (C=O) groups excluding carboxylic acids is 3. The summed E-state index contributed by atoms with van der Waals surface area (Å²) in [6.45, 7) is 0.360. The average Bonchev–Trinajstić information content (AvgIpc) is 2.66. The van der Waals surface area contributed by atoms with E-state index in [9.17, 15) is 18.8 Å². The van der Waals surface area contributed by atoms with E-state index in [0.29, 0.717) is 5.56 Å². The lowest BCUT2D eigenvalue weighted by atomic mass is 10.1. The van der Waals surface area contributed by atoms with Gasteiger partial charge in [-0.2, -0.15) is 0 Å². The Bertz CT molecular complexity index is 852. The fraction of sp³-hybridized carbons (Fsp3) is 0.211. The van der Waals surface area contributed by atoms with Crippen molar-refractivity contribution in [2.24, 2.45) is 0 Å². The minimum atomic E-state index is -0.795. The summed E-state index contributed by atoms with van der Waals surface area (Å²) in [6, 6.07) is 10.1. The van der Waals surface area contributed by atoms with Gasteiger partial charge in [-0.3, -0.25) is 9.59 Å². The van der Waals surface area contributed by atoms with E-state index in [1.807, 2.05) is 0 Å². The highest BCUT2D eigenvalue weighted by atomic mass is 19.1. The summed E-state index contributed by atoms with van der Waals surface area (Å²) in [7, 11) is 1.40. The quantitative estimate of drug-likeness (QED) is 0.563. The molecule has 0 unspecified atom stereocenters. The second kappa shape index (κ2) is 9.33. The maximum absolute atomic E-state index is 13.4. The molecule has 27 heavy (non-hydrogen) atoms. The number of ether oxygens (including phenoxy) is 3. The molecule has 0 aromatic heterocycles. The van der Waals surface area contributed by atoms with Crippen molar-refractivity contribution < 1.29 is 33.0 Å². The summed E-state index contributed by atoms with van der Waals surface area (Å²) in [6.07, 6.45) is 0. The molecule has 0 saturated heterocycles. The zero-order valence-corrected chi connectivity index (χ0v) is 14.8. The Labute approximate surface area is 155 Å². The Balaban J connectivity index is 1.83. The van der Waals surface area contributed by atoms with Crippen LogP contribution in [0.5, 0.6) is 11.5 Å². The zero-order valence-electron chi connectivity index (χ0n) is 14.8. The molecule has 0 saturated carbocycles. The van der Waals surface area contributed by atoms with Gasteiger partial charge < -0.3 is 19.5 Å². The Kier molecular flexibility index (Phi) is 6.87. The second-order valence-electron chi connectivity index (χ2n) is 5.40. The van der Waals surface area contributed by atoms with Gasteiger partial charge >= 0.3 is 5.97 Å². The topological polar surface area (TPSA) is 90.9 Å². The van der Waals surface area contributed by atoms with Crippen LogP contribution in [0.4, 0.5) is 10.1 Å². The van der Waals surface area contributed by atoms with Crippen molar-refractivity contribution in [3.05, 3.63) is 53.8 Å². The Morgan fingerprint density at radius 2 is 1.78 bits per heavy atom. The molecule has 0 fully saturated rings. The van der Waals surface area contributed by atoms with E-state index in [2.05, 4.69) is 5.32 Å². The Morgan fingerprint density at radius 1 is 1.04 bits per heavy atom. The standard InChI is InChI=1S/C19H18FNO6/c1-12(22)13-7-8-16(17(9-13)25-2)26-11-19(24)27-10-18(23)21-15-6-4-3-5-14(15)20/h3-9H,10-11H2,1-2H3,(H,21,23). The van der Waals surface area contributed by atoms with E-state index in [-0.39, 0.29) is 23.0 Å². The number of hydrogen-bond donors (Lipinski definition) is 1. The van der Waals surface area contributed by atoms with Crippen LogP contribution in [0.1, 0.15) is 17.3 Å². The van der Waals surface area contributed by atoms with Crippen molar-refractivity contribution in [1.82, 2.24) is 0 Å². The van der Waals surface area contributed by atoms with Crippen molar-refractivity contribution in [3.63, 3.8) is 0 Å². The number of Topliss-reactive ketones (excluding diaryl/α,β-unsaturated/α-hetero) is 1. The average molecular weight is 375 g/mol. The summed E-state index contributed by atoms with van der Waals surface area (Å²) in [5.41, 5.74) is 0.427. The highest BCUT2D eigenvalue weighted by Gasteiger charge is 2.13. The van der Waals surface area contributed by atoms with Crippen molar-refractivity contribution in [2.45, 2.75) is 6.92 Å². The van der Waals surface area contributed by atoms with Crippen LogP contribution in [0, 0.1) is 5.82 Å². The van der Waals surface area contributed by atoms with Crippen LogP contribution in [-0.2, 0) is 14.3 Å². The Morgan fingerprint density at radius 3 is 2.44 bits per heavy atom. The molecule has 0 heterocycles. The fourth-order valence-corrected chi connectivity index (χ4v) is 2.08. The van der Waals surface area contributed by atoms with Crippen LogP contribution < -0.4 is 14.8 Å². The lowest BCUT2D eigenvalue weighted by Crippen LogP contribution is -2.24.